The minimum absolute atomic E-state index is 0.238. The third kappa shape index (κ3) is 6.47. The van der Waals surface area contributed by atoms with E-state index in [-0.39, 0.29) is 16.5 Å². The number of carboxylic acid groups (broad SMARTS) is 1. The molecule has 170 valence electrons. The Morgan fingerprint density at radius 2 is 1.94 bits per heavy atom. The minimum atomic E-state index is -4.01. The summed E-state index contributed by atoms with van der Waals surface area (Å²) in [4.78, 5) is 27.6. The molecule has 1 aromatic rings. The molecule has 1 aromatic carbocycles. The van der Waals surface area contributed by atoms with Crippen LogP contribution in [0.2, 0.25) is 0 Å². The van der Waals surface area contributed by atoms with Crippen LogP contribution in [0, 0.1) is 0 Å². The molecule has 8 nitrogen and oxygen atoms in total. The van der Waals surface area contributed by atoms with E-state index < -0.39 is 28.5 Å². The number of unbranched alkanes of at least 4 members (excludes halogenated alkanes) is 1. The molecule has 1 fully saturated rings. The Kier molecular flexibility index (Phi) is 8.21. The van der Waals surface area contributed by atoms with Crippen LogP contribution in [0.4, 0.5) is 5.69 Å². The third-order valence-corrected chi connectivity index (χ3v) is 7.75. The zero-order chi connectivity index (χ0) is 23.3. The molecule has 2 aliphatic heterocycles. The van der Waals surface area contributed by atoms with Crippen molar-refractivity contribution < 1.29 is 27.7 Å². The summed E-state index contributed by atoms with van der Waals surface area (Å²) in [5.41, 5.74) is 4.20. The number of carboxylic acids is 1. The number of fused-ring (bicyclic) bond motifs is 1. The summed E-state index contributed by atoms with van der Waals surface area (Å²) >= 11 is 7.69. The van der Waals surface area contributed by atoms with Gasteiger partial charge in [-0.25, -0.2) is 0 Å². The maximum atomic E-state index is 12.2. The fraction of sp³-hybridized carbons (Fsp3) is 0.300. The number of allylic oxidation sites excluding steroid dienone is 2. The van der Waals surface area contributed by atoms with Crippen LogP contribution in [-0.4, -0.2) is 58.0 Å². The first-order valence-electron chi connectivity index (χ1n) is 9.56. The second kappa shape index (κ2) is 10.7. The van der Waals surface area contributed by atoms with Crippen LogP contribution in [0.5, 0.6) is 0 Å². The van der Waals surface area contributed by atoms with E-state index in [1.165, 1.54) is 11.8 Å². The van der Waals surface area contributed by atoms with Gasteiger partial charge in [-0.15, -0.1) is 0 Å². The van der Waals surface area contributed by atoms with Gasteiger partial charge in [0.15, 0.2) is 0 Å². The van der Waals surface area contributed by atoms with Crippen molar-refractivity contribution in [3.63, 3.8) is 0 Å². The van der Waals surface area contributed by atoms with Crippen molar-refractivity contribution in [2.45, 2.75) is 24.2 Å². The molecule has 1 amide bonds. The minimum Gasteiger partial charge on any atom is -0.480 e. The van der Waals surface area contributed by atoms with Crippen molar-refractivity contribution in [3.05, 3.63) is 52.1 Å². The summed E-state index contributed by atoms with van der Waals surface area (Å²) in [5.74, 6) is -1.82. The lowest BCUT2D eigenvalue weighted by Gasteiger charge is -2.18. The second-order valence-corrected chi connectivity index (χ2v) is 11.1. The molecule has 2 aliphatic rings. The number of benzene rings is 1. The lowest BCUT2D eigenvalue weighted by atomic mass is 10.2. The monoisotopic (exact) mass is 512 g/mol. The number of thioether (sulfide) groups is 2. The highest BCUT2D eigenvalue weighted by molar-refractivity contribution is 8.26. The standard InChI is InChI=1S/C20H20N2O6S4/c23-18(24)13-22-19(25)16(31-20(22)29)9-2-1-3-10-17-21(11-6-12-32(26,27)28)14-7-4-5-8-15(14)30-17/h3-5,7-9H,1-2,6,11-13H2,(H,23,24)(H,26,27,28). The highest BCUT2D eigenvalue weighted by atomic mass is 32.2. The fourth-order valence-electron chi connectivity index (χ4n) is 3.04. The van der Waals surface area contributed by atoms with E-state index in [9.17, 15) is 18.0 Å². The van der Waals surface area contributed by atoms with Gasteiger partial charge in [0.25, 0.3) is 16.0 Å². The summed E-state index contributed by atoms with van der Waals surface area (Å²) in [7, 11) is -4.01. The summed E-state index contributed by atoms with van der Waals surface area (Å²) in [6.07, 6.45) is 5.01. The van der Waals surface area contributed by atoms with Crippen LogP contribution in [0.15, 0.2) is 57.0 Å². The zero-order valence-electron chi connectivity index (χ0n) is 16.8. The molecule has 0 aliphatic carbocycles. The van der Waals surface area contributed by atoms with Gasteiger partial charge in [0.2, 0.25) is 0 Å². The van der Waals surface area contributed by atoms with Gasteiger partial charge < -0.3 is 10.0 Å². The number of hydrogen-bond acceptors (Lipinski definition) is 8. The van der Waals surface area contributed by atoms with Crippen LogP contribution in [0.25, 0.3) is 0 Å². The first-order valence-corrected chi connectivity index (χ1v) is 13.2. The average Bonchev–Trinajstić information content (AvgIpc) is 3.19. The number of aliphatic carboxylic acids is 1. The number of hydrogen-bond donors (Lipinski definition) is 2. The molecule has 0 saturated carbocycles. The molecule has 0 unspecified atom stereocenters. The third-order valence-electron chi connectivity index (χ3n) is 4.43. The van der Waals surface area contributed by atoms with Gasteiger partial charge in [-0.3, -0.25) is 19.0 Å². The molecule has 12 heteroatoms. The molecule has 0 radical (unpaired) electrons. The van der Waals surface area contributed by atoms with Crippen molar-refractivity contribution in [2.24, 2.45) is 0 Å². The van der Waals surface area contributed by atoms with E-state index in [1.54, 1.807) is 6.08 Å². The molecular formula is C20H20N2O6S4. The lowest BCUT2D eigenvalue weighted by Crippen LogP contribution is -2.33. The van der Waals surface area contributed by atoms with Crippen molar-refractivity contribution in [3.8, 4) is 0 Å². The van der Waals surface area contributed by atoms with Gasteiger partial charge in [-0.1, -0.05) is 59.7 Å². The predicted octanol–water partition coefficient (Wildman–Crippen LogP) is 3.48. The number of rotatable bonds is 9. The number of thiocarbonyl (C=S) groups is 1. The van der Waals surface area contributed by atoms with Crippen molar-refractivity contribution in [1.29, 1.82) is 0 Å². The van der Waals surface area contributed by atoms with E-state index in [0.717, 1.165) is 32.3 Å². The van der Waals surface area contributed by atoms with Crippen molar-refractivity contribution in [1.82, 2.24) is 4.90 Å². The molecule has 2 N–H and O–H groups in total. The fourth-order valence-corrected chi connectivity index (χ4v) is 5.87. The van der Waals surface area contributed by atoms with E-state index in [2.05, 4.69) is 5.73 Å². The molecular weight excluding hydrogens is 492 g/mol. The first-order chi connectivity index (χ1) is 15.2. The van der Waals surface area contributed by atoms with E-state index in [4.69, 9.17) is 21.9 Å². The topological polar surface area (TPSA) is 115 Å². The summed E-state index contributed by atoms with van der Waals surface area (Å²) in [6.45, 7) is -0.0226. The van der Waals surface area contributed by atoms with Gasteiger partial charge in [-0.2, -0.15) is 8.42 Å². The Hall–Kier alpha value is -2.08. The Bertz CT molecular complexity index is 1140. The maximum Gasteiger partial charge on any atom is 0.323 e. The predicted molar refractivity (Wildman–Crippen MR) is 129 cm³/mol. The Labute approximate surface area is 199 Å². The molecule has 0 aromatic heterocycles. The van der Waals surface area contributed by atoms with Gasteiger partial charge in [-0.05, 0) is 37.5 Å². The number of para-hydroxylation sites is 1. The largest absolute Gasteiger partial charge is 0.480 e. The second-order valence-electron chi connectivity index (χ2n) is 6.81. The van der Waals surface area contributed by atoms with Crippen LogP contribution in [0.3, 0.4) is 0 Å². The quantitative estimate of drug-likeness (QED) is 0.167. The number of anilines is 1. The molecule has 32 heavy (non-hydrogen) atoms. The highest BCUT2D eigenvalue weighted by Gasteiger charge is 2.33. The van der Waals surface area contributed by atoms with Crippen molar-refractivity contribution >= 4 is 67.7 Å². The SMILES string of the molecule is O=C(O)CN1C(=O)C(=CCCC=C=C2Sc3ccccc3N2CCCS(=O)(=O)O)SC1=S. The molecule has 2 heterocycles. The molecule has 0 bridgehead atoms. The lowest BCUT2D eigenvalue weighted by molar-refractivity contribution is -0.140. The number of nitrogens with zero attached hydrogens (tertiary/aromatic N) is 2. The smallest absolute Gasteiger partial charge is 0.323 e. The van der Waals surface area contributed by atoms with E-state index in [0.29, 0.717) is 24.3 Å². The highest BCUT2D eigenvalue weighted by Crippen LogP contribution is 2.45. The number of carbonyl (C=O) groups is 2. The average molecular weight is 513 g/mol. The first kappa shape index (κ1) is 24.6. The normalized spacial score (nSPS) is 17.2. The zero-order valence-corrected chi connectivity index (χ0v) is 20.0. The Morgan fingerprint density at radius 1 is 1.19 bits per heavy atom. The van der Waals surface area contributed by atoms with Gasteiger partial charge in [0.1, 0.15) is 15.9 Å². The number of amides is 1. The molecule has 0 spiro atoms. The molecule has 1 saturated heterocycles. The van der Waals surface area contributed by atoms with E-state index >= 15 is 0 Å². The summed E-state index contributed by atoms with van der Waals surface area (Å²) < 4.78 is 31.3. The van der Waals surface area contributed by atoms with Crippen LogP contribution in [0.1, 0.15) is 19.3 Å². The van der Waals surface area contributed by atoms with Gasteiger partial charge in [0, 0.05) is 11.4 Å². The van der Waals surface area contributed by atoms with Crippen LogP contribution < -0.4 is 4.90 Å². The Morgan fingerprint density at radius 3 is 2.66 bits per heavy atom. The number of carbonyl (C=O) groups excluding carboxylic acids is 1. The van der Waals surface area contributed by atoms with Crippen LogP contribution in [-0.2, 0) is 19.7 Å². The van der Waals surface area contributed by atoms with Crippen molar-refractivity contribution in [2.75, 3.05) is 23.7 Å². The molecule has 0 atom stereocenters. The summed E-state index contributed by atoms with van der Waals surface area (Å²) in [6, 6.07) is 7.75. The van der Waals surface area contributed by atoms with E-state index in [1.807, 2.05) is 35.2 Å². The van der Waals surface area contributed by atoms with Gasteiger partial charge in [0.05, 0.1) is 16.3 Å². The van der Waals surface area contributed by atoms with Crippen LogP contribution >= 0.6 is 35.7 Å². The summed E-state index contributed by atoms with van der Waals surface area (Å²) in [5, 5.41) is 9.71. The maximum absolute atomic E-state index is 12.2. The molecule has 3 rings (SSSR count). The Balaban J connectivity index is 1.64. The van der Waals surface area contributed by atoms with Gasteiger partial charge >= 0.3 is 5.97 Å².